The Hall–Kier alpha value is -2.63. The minimum Gasteiger partial charge on any atom is -0.462 e. The van der Waals surface area contributed by atoms with Crippen LogP contribution in [-0.2, 0) is 28.6 Å². The summed E-state index contributed by atoms with van der Waals surface area (Å²) in [6.07, 6.45) is 59.5. The molecule has 0 aromatic heterocycles. The van der Waals surface area contributed by atoms with E-state index in [2.05, 4.69) is 69.4 Å². The normalized spacial score (nSPS) is 12.4. The molecule has 0 saturated carbocycles. The Balaban J connectivity index is 4.33. The molecule has 0 heterocycles. The number of hydrogen-bond acceptors (Lipinski definition) is 6. The topological polar surface area (TPSA) is 78.9 Å². The van der Waals surface area contributed by atoms with E-state index in [9.17, 15) is 14.4 Å². The largest absolute Gasteiger partial charge is 0.462 e. The first-order chi connectivity index (χ1) is 30.0. The van der Waals surface area contributed by atoms with E-state index in [0.29, 0.717) is 19.3 Å². The lowest BCUT2D eigenvalue weighted by Gasteiger charge is -2.18. The van der Waals surface area contributed by atoms with Gasteiger partial charge >= 0.3 is 17.9 Å². The molecule has 1 atom stereocenters. The third kappa shape index (κ3) is 48.3. The fraction of sp³-hybridized carbons (Fsp3) is 0.800. The van der Waals surface area contributed by atoms with E-state index < -0.39 is 6.10 Å². The van der Waals surface area contributed by atoms with Crippen molar-refractivity contribution in [3.8, 4) is 0 Å². The second-order valence-electron chi connectivity index (χ2n) is 17.4. The van der Waals surface area contributed by atoms with Crippen molar-refractivity contribution in [1.29, 1.82) is 0 Å². The first-order valence-corrected chi connectivity index (χ1v) is 26.1. The van der Waals surface area contributed by atoms with Gasteiger partial charge in [-0.2, -0.15) is 0 Å². The van der Waals surface area contributed by atoms with Crippen molar-refractivity contribution in [2.45, 2.75) is 271 Å². The van der Waals surface area contributed by atoms with E-state index >= 15 is 0 Å². The summed E-state index contributed by atoms with van der Waals surface area (Å²) in [5.41, 5.74) is 0. The summed E-state index contributed by atoms with van der Waals surface area (Å²) in [4.78, 5) is 37.9. The number of allylic oxidation sites excluding steroid dienone is 8. The zero-order valence-electron chi connectivity index (χ0n) is 40.4. The summed E-state index contributed by atoms with van der Waals surface area (Å²) in [5, 5.41) is 0. The molecular weight excluding hydrogens is 757 g/mol. The maximum absolute atomic E-state index is 12.8. The van der Waals surface area contributed by atoms with E-state index in [-0.39, 0.29) is 31.1 Å². The van der Waals surface area contributed by atoms with Gasteiger partial charge in [-0.05, 0) is 96.3 Å². The second kappa shape index (κ2) is 50.0. The number of unbranched alkanes of at least 4 members (excludes halogenated alkanes) is 28. The van der Waals surface area contributed by atoms with Crippen LogP contribution in [0.5, 0.6) is 0 Å². The van der Waals surface area contributed by atoms with Gasteiger partial charge in [-0.25, -0.2) is 0 Å². The number of carbonyl (C=O) groups excluding carboxylic acids is 3. The Labute approximate surface area is 378 Å². The first kappa shape index (κ1) is 58.4. The predicted molar refractivity (Wildman–Crippen MR) is 261 cm³/mol. The van der Waals surface area contributed by atoms with Crippen molar-refractivity contribution in [3.63, 3.8) is 0 Å². The molecule has 0 aliphatic carbocycles. The summed E-state index contributed by atoms with van der Waals surface area (Å²) >= 11 is 0. The summed E-state index contributed by atoms with van der Waals surface area (Å²) in [6, 6.07) is 0. The van der Waals surface area contributed by atoms with Crippen molar-refractivity contribution in [3.05, 3.63) is 48.6 Å². The van der Waals surface area contributed by atoms with Crippen LogP contribution in [-0.4, -0.2) is 37.2 Å². The van der Waals surface area contributed by atoms with Crippen LogP contribution in [0.25, 0.3) is 0 Å². The van der Waals surface area contributed by atoms with Crippen LogP contribution in [0.3, 0.4) is 0 Å². The van der Waals surface area contributed by atoms with Gasteiger partial charge in [0.15, 0.2) is 6.10 Å². The molecule has 0 aliphatic rings. The molecule has 0 rings (SSSR count). The summed E-state index contributed by atoms with van der Waals surface area (Å²) in [6.45, 7) is 6.55. The maximum atomic E-state index is 12.8. The van der Waals surface area contributed by atoms with Gasteiger partial charge < -0.3 is 14.2 Å². The number of ether oxygens (including phenoxy) is 3. The molecule has 0 unspecified atom stereocenters. The SMILES string of the molecule is CCCC/C=C\CCCCCCCC(=O)OC[C@@H](COC(=O)CCCCCCCCCCC/C=C\C/C=C\CCCCC)OC(=O)CCCCCCC/C=C\CCCCCC. The van der Waals surface area contributed by atoms with Crippen LogP contribution >= 0.6 is 0 Å². The quantitative estimate of drug-likeness (QED) is 0.0263. The molecular formula is C55H98O6. The molecule has 354 valence electrons. The van der Waals surface area contributed by atoms with Crippen LogP contribution < -0.4 is 0 Å². The van der Waals surface area contributed by atoms with Crippen molar-refractivity contribution < 1.29 is 28.6 Å². The van der Waals surface area contributed by atoms with Gasteiger partial charge in [-0.1, -0.05) is 198 Å². The lowest BCUT2D eigenvalue weighted by molar-refractivity contribution is -0.167. The average molecular weight is 855 g/mol. The Morgan fingerprint density at radius 2 is 0.607 bits per heavy atom. The molecule has 0 bridgehead atoms. The molecule has 0 radical (unpaired) electrons. The molecule has 6 nitrogen and oxygen atoms in total. The molecule has 0 fully saturated rings. The summed E-state index contributed by atoms with van der Waals surface area (Å²) in [5.74, 6) is -0.898. The van der Waals surface area contributed by atoms with Gasteiger partial charge in [-0.3, -0.25) is 14.4 Å². The third-order valence-electron chi connectivity index (χ3n) is 11.3. The highest BCUT2D eigenvalue weighted by molar-refractivity contribution is 5.71. The zero-order valence-corrected chi connectivity index (χ0v) is 40.4. The number of rotatable bonds is 47. The Kier molecular flexibility index (Phi) is 47.9. The van der Waals surface area contributed by atoms with Gasteiger partial charge in [0.2, 0.25) is 0 Å². The standard InChI is InChI=1S/C55H98O6/c1-4-7-10-13-16-19-22-24-25-26-27-28-29-31-33-36-39-42-45-48-54(57)60-51-52(50-59-53(56)47-44-41-38-35-32-21-18-15-12-9-6-3)61-55(58)49-46-43-40-37-34-30-23-20-17-14-11-8-5-2/h15-16,18-20,23-25,52H,4-14,17,21-22,26-51H2,1-3H3/b18-15-,19-16-,23-20-,25-24-/t52-/m0/s1. The highest BCUT2D eigenvalue weighted by Gasteiger charge is 2.19. The third-order valence-corrected chi connectivity index (χ3v) is 11.3. The van der Waals surface area contributed by atoms with Gasteiger partial charge in [0.25, 0.3) is 0 Å². The smallest absolute Gasteiger partial charge is 0.306 e. The molecule has 0 aliphatic heterocycles. The molecule has 61 heavy (non-hydrogen) atoms. The number of esters is 3. The van der Waals surface area contributed by atoms with Crippen molar-refractivity contribution >= 4 is 17.9 Å². The first-order valence-electron chi connectivity index (χ1n) is 26.1. The molecule has 0 saturated heterocycles. The molecule has 6 heteroatoms. The Bertz CT molecular complexity index is 1070. The fourth-order valence-electron chi connectivity index (χ4n) is 7.27. The van der Waals surface area contributed by atoms with E-state index in [0.717, 1.165) is 83.5 Å². The average Bonchev–Trinajstić information content (AvgIpc) is 3.26. The van der Waals surface area contributed by atoms with Gasteiger partial charge in [0.05, 0.1) is 0 Å². The maximum Gasteiger partial charge on any atom is 0.306 e. The lowest BCUT2D eigenvalue weighted by atomic mass is 10.1. The van der Waals surface area contributed by atoms with E-state index in [1.54, 1.807) is 0 Å². The Morgan fingerprint density at radius 3 is 1.00 bits per heavy atom. The van der Waals surface area contributed by atoms with Gasteiger partial charge in [0.1, 0.15) is 13.2 Å². The van der Waals surface area contributed by atoms with E-state index in [1.165, 1.54) is 141 Å². The van der Waals surface area contributed by atoms with Crippen LogP contribution in [0.2, 0.25) is 0 Å². The number of carbonyl (C=O) groups is 3. The minimum absolute atomic E-state index is 0.0805. The van der Waals surface area contributed by atoms with Gasteiger partial charge in [0, 0.05) is 19.3 Å². The molecule has 0 N–H and O–H groups in total. The van der Waals surface area contributed by atoms with Crippen molar-refractivity contribution in [2.24, 2.45) is 0 Å². The van der Waals surface area contributed by atoms with E-state index in [4.69, 9.17) is 14.2 Å². The van der Waals surface area contributed by atoms with Crippen LogP contribution in [0.15, 0.2) is 48.6 Å². The molecule has 0 aromatic carbocycles. The van der Waals surface area contributed by atoms with Crippen LogP contribution in [0.4, 0.5) is 0 Å². The lowest BCUT2D eigenvalue weighted by Crippen LogP contribution is -2.30. The van der Waals surface area contributed by atoms with Crippen molar-refractivity contribution in [2.75, 3.05) is 13.2 Å². The molecule has 0 spiro atoms. The highest BCUT2D eigenvalue weighted by atomic mass is 16.6. The minimum atomic E-state index is -0.780. The number of hydrogen-bond donors (Lipinski definition) is 0. The fourth-order valence-corrected chi connectivity index (χ4v) is 7.27. The monoisotopic (exact) mass is 855 g/mol. The van der Waals surface area contributed by atoms with Crippen LogP contribution in [0.1, 0.15) is 265 Å². The summed E-state index contributed by atoms with van der Waals surface area (Å²) in [7, 11) is 0. The second-order valence-corrected chi connectivity index (χ2v) is 17.4. The molecule has 0 amide bonds. The highest BCUT2D eigenvalue weighted by Crippen LogP contribution is 2.14. The zero-order chi connectivity index (χ0) is 44.4. The predicted octanol–water partition coefficient (Wildman–Crippen LogP) is 17.1. The van der Waals surface area contributed by atoms with Crippen molar-refractivity contribution in [1.82, 2.24) is 0 Å². The summed E-state index contributed by atoms with van der Waals surface area (Å²) < 4.78 is 16.8. The van der Waals surface area contributed by atoms with E-state index in [1.807, 2.05) is 0 Å². The van der Waals surface area contributed by atoms with Gasteiger partial charge in [-0.15, -0.1) is 0 Å². The van der Waals surface area contributed by atoms with Crippen LogP contribution in [0, 0.1) is 0 Å². The Morgan fingerprint density at radius 1 is 0.328 bits per heavy atom. The molecule has 0 aromatic rings.